The topological polar surface area (TPSA) is 63.0 Å². The number of aromatic nitrogens is 3. The zero-order valence-electron chi connectivity index (χ0n) is 13.1. The summed E-state index contributed by atoms with van der Waals surface area (Å²) in [5, 5.41) is 18.0. The molecule has 0 fully saturated rings. The molecule has 0 unspecified atom stereocenters. The Labute approximate surface area is 135 Å². The Morgan fingerprint density at radius 3 is 2.61 bits per heavy atom. The van der Waals surface area contributed by atoms with Gasteiger partial charge in [0.25, 0.3) is 0 Å². The molecule has 0 radical (unpaired) electrons. The molecule has 2 heterocycles. The molecule has 0 aliphatic heterocycles. The molecular formula is C18H20N4O. The van der Waals surface area contributed by atoms with E-state index in [1.165, 1.54) is 0 Å². The number of hydrogen-bond donors (Lipinski definition) is 2. The molecule has 3 rings (SSSR count). The lowest BCUT2D eigenvalue weighted by molar-refractivity contribution is 0.174. The predicted octanol–water partition coefficient (Wildman–Crippen LogP) is 2.31. The molecular weight excluding hydrogens is 288 g/mol. The molecule has 3 aromatic rings. The van der Waals surface area contributed by atoms with E-state index in [0.29, 0.717) is 13.1 Å². The van der Waals surface area contributed by atoms with E-state index in [1.54, 1.807) is 17.1 Å². The maximum atomic E-state index is 10.2. The van der Waals surface area contributed by atoms with Crippen LogP contribution in [0.1, 0.15) is 17.2 Å². The summed E-state index contributed by atoms with van der Waals surface area (Å²) in [6.45, 7) is 1.14. The van der Waals surface area contributed by atoms with E-state index in [0.717, 1.165) is 22.4 Å². The lowest BCUT2D eigenvalue weighted by atomic mass is 10.1. The average molecular weight is 308 g/mol. The lowest BCUT2D eigenvalue weighted by Crippen LogP contribution is -2.21. The van der Waals surface area contributed by atoms with Gasteiger partial charge in [-0.25, -0.2) is 0 Å². The summed E-state index contributed by atoms with van der Waals surface area (Å²) in [5.74, 6) is 0. The largest absolute Gasteiger partial charge is 0.387 e. The molecule has 1 atom stereocenters. The first-order valence-electron chi connectivity index (χ1n) is 7.60. The highest BCUT2D eigenvalue weighted by Gasteiger charge is 2.11. The van der Waals surface area contributed by atoms with Crippen molar-refractivity contribution < 1.29 is 5.11 Å². The van der Waals surface area contributed by atoms with Gasteiger partial charge in [0.15, 0.2) is 0 Å². The maximum absolute atomic E-state index is 10.2. The van der Waals surface area contributed by atoms with Crippen LogP contribution in [-0.2, 0) is 13.6 Å². The maximum Gasteiger partial charge on any atom is 0.0969 e. The first kappa shape index (κ1) is 15.4. The van der Waals surface area contributed by atoms with Gasteiger partial charge in [0, 0.05) is 49.9 Å². The number of rotatable bonds is 6. The van der Waals surface area contributed by atoms with Crippen LogP contribution in [0.2, 0.25) is 0 Å². The fourth-order valence-corrected chi connectivity index (χ4v) is 2.56. The van der Waals surface area contributed by atoms with Crippen molar-refractivity contribution in [2.24, 2.45) is 7.05 Å². The van der Waals surface area contributed by atoms with Crippen LogP contribution in [0.15, 0.2) is 61.1 Å². The number of benzene rings is 1. The van der Waals surface area contributed by atoms with E-state index in [1.807, 2.05) is 55.7 Å². The van der Waals surface area contributed by atoms with Gasteiger partial charge >= 0.3 is 0 Å². The molecule has 0 amide bonds. The van der Waals surface area contributed by atoms with Gasteiger partial charge in [0.05, 0.1) is 11.8 Å². The molecule has 2 aromatic heterocycles. The first-order valence-corrected chi connectivity index (χ1v) is 7.60. The van der Waals surface area contributed by atoms with E-state index in [4.69, 9.17) is 0 Å². The highest BCUT2D eigenvalue weighted by Crippen LogP contribution is 2.21. The molecule has 2 N–H and O–H groups in total. The molecule has 5 nitrogen and oxygen atoms in total. The summed E-state index contributed by atoms with van der Waals surface area (Å²) in [5.41, 5.74) is 4.00. The zero-order chi connectivity index (χ0) is 16.1. The number of aryl methyl sites for hydroxylation is 1. The minimum Gasteiger partial charge on any atom is -0.387 e. The Morgan fingerprint density at radius 1 is 1.13 bits per heavy atom. The van der Waals surface area contributed by atoms with E-state index < -0.39 is 6.10 Å². The van der Waals surface area contributed by atoms with Crippen molar-refractivity contribution in [3.63, 3.8) is 0 Å². The van der Waals surface area contributed by atoms with Crippen molar-refractivity contribution in [1.29, 1.82) is 0 Å². The van der Waals surface area contributed by atoms with Crippen LogP contribution in [0.25, 0.3) is 11.3 Å². The Kier molecular flexibility index (Phi) is 4.80. The minimum absolute atomic E-state index is 0.495. The minimum atomic E-state index is -0.516. The molecule has 23 heavy (non-hydrogen) atoms. The van der Waals surface area contributed by atoms with E-state index >= 15 is 0 Å². The second kappa shape index (κ2) is 7.17. The summed E-state index contributed by atoms with van der Waals surface area (Å²) in [7, 11) is 1.91. The van der Waals surface area contributed by atoms with Crippen LogP contribution >= 0.6 is 0 Å². The molecule has 0 spiro atoms. The Hall–Kier alpha value is -2.50. The normalized spacial score (nSPS) is 12.3. The SMILES string of the molecule is Cn1cc(CNC[C@H](O)c2ccccc2)c(-c2ccncc2)n1. The van der Waals surface area contributed by atoms with Crippen molar-refractivity contribution >= 4 is 0 Å². The zero-order valence-corrected chi connectivity index (χ0v) is 13.1. The fraction of sp³-hybridized carbons (Fsp3) is 0.222. The number of pyridine rings is 1. The van der Waals surface area contributed by atoms with Crippen molar-refractivity contribution in [2.45, 2.75) is 12.6 Å². The van der Waals surface area contributed by atoms with Gasteiger partial charge in [0.2, 0.25) is 0 Å². The number of nitrogens with zero attached hydrogens (tertiary/aromatic N) is 3. The highest BCUT2D eigenvalue weighted by atomic mass is 16.3. The third kappa shape index (κ3) is 3.83. The van der Waals surface area contributed by atoms with Gasteiger partial charge < -0.3 is 10.4 Å². The van der Waals surface area contributed by atoms with Crippen LogP contribution in [0.3, 0.4) is 0 Å². The molecule has 0 bridgehead atoms. The smallest absolute Gasteiger partial charge is 0.0969 e. The van der Waals surface area contributed by atoms with Gasteiger partial charge in [-0.05, 0) is 17.7 Å². The van der Waals surface area contributed by atoms with E-state index in [-0.39, 0.29) is 0 Å². The van der Waals surface area contributed by atoms with Gasteiger partial charge in [-0.15, -0.1) is 0 Å². The monoisotopic (exact) mass is 308 g/mol. The Morgan fingerprint density at radius 2 is 1.87 bits per heavy atom. The number of aliphatic hydroxyl groups excluding tert-OH is 1. The molecule has 0 aliphatic carbocycles. The van der Waals surface area contributed by atoms with Crippen LogP contribution in [0.5, 0.6) is 0 Å². The standard InChI is InChI=1S/C18H20N4O/c1-22-13-16(18(21-22)15-7-9-19-10-8-15)11-20-12-17(23)14-5-3-2-4-6-14/h2-10,13,17,20,23H,11-12H2,1H3/t17-/m0/s1. The van der Waals surface area contributed by atoms with E-state index in [9.17, 15) is 5.11 Å². The van der Waals surface area contributed by atoms with Gasteiger partial charge in [0.1, 0.15) is 0 Å². The second-order valence-electron chi connectivity index (χ2n) is 5.47. The van der Waals surface area contributed by atoms with Crippen molar-refractivity contribution in [2.75, 3.05) is 6.54 Å². The Bertz CT molecular complexity index is 740. The third-order valence-corrected chi connectivity index (χ3v) is 3.70. The second-order valence-corrected chi connectivity index (χ2v) is 5.47. The van der Waals surface area contributed by atoms with Crippen LogP contribution in [-0.4, -0.2) is 26.4 Å². The van der Waals surface area contributed by atoms with Crippen LogP contribution < -0.4 is 5.32 Å². The summed E-state index contributed by atoms with van der Waals surface area (Å²) in [6, 6.07) is 13.6. The van der Waals surface area contributed by atoms with Crippen LogP contribution in [0, 0.1) is 0 Å². The van der Waals surface area contributed by atoms with Crippen molar-refractivity contribution in [3.05, 3.63) is 72.2 Å². The van der Waals surface area contributed by atoms with Gasteiger partial charge in [-0.1, -0.05) is 30.3 Å². The summed E-state index contributed by atoms with van der Waals surface area (Å²) >= 11 is 0. The fourth-order valence-electron chi connectivity index (χ4n) is 2.56. The summed E-state index contributed by atoms with van der Waals surface area (Å²) < 4.78 is 1.81. The molecule has 0 aliphatic rings. The molecule has 5 heteroatoms. The van der Waals surface area contributed by atoms with Crippen LogP contribution in [0.4, 0.5) is 0 Å². The molecule has 0 saturated carbocycles. The van der Waals surface area contributed by atoms with Gasteiger partial charge in [-0.2, -0.15) is 5.10 Å². The quantitative estimate of drug-likeness (QED) is 0.733. The lowest BCUT2D eigenvalue weighted by Gasteiger charge is -2.12. The number of hydrogen-bond acceptors (Lipinski definition) is 4. The van der Waals surface area contributed by atoms with Gasteiger partial charge in [-0.3, -0.25) is 9.67 Å². The summed E-state index contributed by atoms with van der Waals surface area (Å²) in [6.07, 6.45) is 5.01. The molecule has 1 aromatic carbocycles. The average Bonchev–Trinajstić information content (AvgIpc) is 2.97. The van der Waals surface area contributed by atoms with Crippen molar-refractivity contribution in [3.8, 4) is 11.3 Å². The molecule has 0 saturated heterocycles. The predicted molar refractivity (Wildman–Crippen MR) is 89.5 cm³/mol. The highest BCUT2D eigenvalue weighted by molar-refractivity contribution is 5.61. The number of nitrogens with one attached hydrogen (secondary N) is 1. The first-order chi connectivity index (χ1) is 11.2. The van der Waals surface area contributed by atoms with Crippen molar-refractivity contribution in [1.82, 2.24) is 20.1 Å². The third-order valence-electron chi connectivity index (χ3n) is 3.70. The van der Waals surface area contributed by atoms with E-state index in [2.05, 4.69) is 15.4 Å². The summed E-state index contributed by atoms with van der Waals surface area (Å²) in [4.78, 5) is 4.04. The molecule has 118 valence electrons. The Balaban J connectivity index is 1.65. The number of aliphatic hydroxyl groups is 1.